The zero-order valence-corrected chi connectivity index (χ0v) is 15.9. The van der Waals surface area contributed by atoms with Crippen molar-refractivity contribution < 1.29 is 14.4 Å². The molecule has 0 spiro atoms. The van der Waals surface area contributed by atoms with Gasteiger partial charge >= 0.3 is 0 Å². The number of amides is 3. The van der Waals surface area contributed by atoms with Gasteiger partial charge in [-0.15, -0.1) is 10.2 Å². The zero-order chi connectivity index (χ0) is 19.1. The number of rotatable bonds is 4. The Morgan fingerprint density at radius 1 is 1.15 bits per heavy atom. The molecule has 1 N–H and O–H groups in total. The van der Waals surface area contributed by atoms with Crippen LogP contribution in [-0.2, 0) is 10.2 Å². The lowest BCUT2D eigenvalue weighted by Gasteiger charge is -2.13. The predicted molar refractivity (Wildman–Crippen MR) is 98.4 cm³/mol. The lowest BCUT2D eigenvalue weighted by Crippen LogP contribution is -2.32. The number of aryl methyl sites for hydroxylation is 1. The first-order chi connectivity index (χ1) is 12.2. The summed E-state index contributed by atoms with van der Waals surface area (Å²) in [6.45, 7) is 7.94. The van der Waals surface area contributed by atoms with Crippen LogP contribution in [0.25, 0.3) is 0 Å². The summed E-state index contributed by atoms with van der Waals surface area (Å²) in [5.74, 6) is -1.02. The first kappa shape index (κ1) is 18.2. The number of fused-ring (bicyclic) bond motifs is 1. The lowest BCUT2D eigenvalue weighted by molar-refractivity contribution is -0.116. The molecule has 1 aliphatic rings. The van der Waals surface area contributed by atoms with Crippen LogP contribution in [0.3, 0.4) is 0 Å². The number of nitrogens with one attached hydrogen (secondary N) is 1. The van der Waals surface area contributed by atoms with Crippen LogP contribution < -0.4 is 5.32 Å². The summed E-state index contributed by atoms with van der Waals surface area (Å²) < 4.78 is 0. The summed E-state index contributed by atoms with van der Waals surface area (Å²) in [5, 5.41) is 11.9. The molecule has 0 fully saturated rings. The number of nitrogens with zero attached hydrogens (tertiary/aromatic N) is 3. The van der Waals surface area contributed by atoms with Crippen molar-refractivity contribution in [2.24, 2.45) is 0 Å². The van der Waals surface area contributed by atoms with Crippen molar-refractivity contribution in [2.75, 3.05) is 11.9 Å². The molecule has 0 aliphatic carbocycles. The van der Waals surface area contributed by atoms with Crippen molar-refractivity contribution in [1.82, 2.24) is 15.1 Å². The van der Waals surface area contributed by atoms with Gasteiger partial charge in [0.25, 0.3) is 11.8 Å². The lowest BCUT2D eigenvalue weighted by atomic mass is 9.98. The topological polar surface area (TPSA) is 92.3 Å². The van der Waals surface area contributed by atoms with Crippen LogP contribution in [0.1, 0.15) is 58.5 Å². The Hall–Kier alpha value is -2.61. The molecule has 7 nitrogen and oxygen atoms in total. The van der Waals surface area contributed by atoms with Gasteiger partial charge in [-0.2, -0.15) is 0 Å². The molecular weight excluding hydrogens is 352 g/mol. The number of imide groups is 1. The van der Waals surface area contributed by atoms with Gasteiger partial charge in [0.1, 0.15) is 5.01 Å². The van der Waals surface area contributed by atoms with Crippen LogP contribution in [0, 0.1) is 6.92 Å². The molecule has 0 radical (unpaired) electrons. The smallest absolute Gasteiger partial charge is 0.261 e. The van der Waals surface area contributed by atoms with Gasteiger partial charge < -0.3 is 5.32 Å². The summed E-state index contributed by atoms with van der Waals surface area (Å²) in [7, 11) is 0. The number of carbonyl (C=O) groups is 3. The molecule has 0 atom stereocenters. The van der Waals surface area contributed by atoms with E-state index in [1.54, 1.807) is 18.2 Å². The van der Waals surface area contributed by atoms with Crippen molar-refractivity contribution >= 4 is 34.2 Å². The Morgan fingerprint density at radius 3 is 2.50 bits per heavy atom. The number of carbonyl (C=O) groups excluding carboxylic acids is 3. The van der Waals surface area contributed by atoms with Gasteiger partial charge in [0, 0.05) is 18.4 Å². The van der Waals surface area contributed by atoms with Crippen molar-refractivity contribution in [3.05, 3.63) is 39.9 Å². The molecule has 0 bridgehead atoms. The standard InChI is InChI=1S/C18H20N4O3S/c1-10-5-6-11-12(9-10)15(25)22(14(11)24)8-7-13(23)19-17-21-20-16(26-17)18(2,3)4/h5-6,9H,7-8H2,1-4H3,(H,19,21,23). The number of benzene rings is 1. The molecule has 0 saturated carbocycles. The third-order valence-corrected chi connectivity index (χ3v) is 5.27. The van der Waals surface area contributed by atoms with Crippen molar-refractivity contribution in [2.45, 2.75) is 39.5 Å². The van der Waals surface area contributed by atoms with Crippen molar-refractivity contribution in [1.29, 1.82) is 0 Å². The summed E-state index contributed by atoms with van der Waals surface area (Å²) >= 11 is 1.32. The Bertz CT molecular complexity index is 898. The third kappa shape index (κ3) is 3.50. The van der Waals surface area contributed by atoms with E-state index in [0.717, 1.165) is 15.5 Å². The molecule has 0 unspecified atom stereocenters. The van der Waals surface area contributed by atoms with Gasteiger partial charge in [0.2, 0.25) is 11.0 Å². The minimum atomic E-state index is -0.358. The highest BCUT2D eigenvalue weighted by atomic mass is 32.1. The highest BCUT2D eigenvalue weighted by Gasteiger charge is 2.35. The van der Waals surface area contributed by atoms with E-state index in [-0.39, 0.29) is 36.1 Å². The van der Waals surface area contributed by atoms with Crippen LogP contribution in [0.4, 0.5) is 5.13 Å². The van der Waals surface area contributed by atoms with E-state index in [1.807, 2.05) is 27.7 Å². The van der Waals surface area contributed by atoms with E-state index in [9.17, 15) is 14.4 Å². The highest BCUT2D eigenvalue weighted by molar-refractivity contribution is 7.15. The van der Waals surface area contributed by atoms with E-state index < -0.39 is 0 Å². The molecule has 3 rings (SSSR count). The highest BCUT2D eigenvalue weighted by Crippen LogP contribution is 2.28. The minimum absolute atomic E-state index is 0.00881. The van der Waals surface area contributed by atoms with Crippen LogP contribution in [0.2, 0.25) is 0 Å². The molecular formula is C18H20N4O3S. The van der Waals surface area contributed by atoms with E-state index in [4.69, 9.17) is 0 Å². The predicted octanol–water partition coefficient (Wildman–Crippen LogP) is 2.77. The van der Waals surface area contributed by atoms with Gasteiger partial charge in [-0.1, -0.05) is 43.7 Å². The number of anilines is 1. The SMILES string of the molecule is Cc1ccc2c(c1)C(=O)N(CCC(=O)Nc1nnc(C(C)(C)C)s1)C2=O. The quantitative estimate of drug-likeness (QED) is 0.833. The molecule has 1 aromatic heterocycles. The Labute approximate surface area is 155 Å². The second-order valence-electron chi connectivity index (χ2n) is 7.27. The molecule has 136 valence electrons. The van der Waals surface area contributed by atoms with Crippen LogP contribution >= 0.6 is 11.3 Å². The van der Waals surface area contributed by atoms with Crippen molar-refractivity contribution in [3.8, 4) is 0 Å². The molecule has 26 heavy (non-hydrogen) atoms. The zero-order valence-electron chi connectivity index (χ0n) is 15.1. The molecule has 1 aromatic carbocycles. The fourth-order valence-electron chi connectivity index (χ4n) is 2.58. The Balaban J connectivity index is 1.61. The first-order valence-electron chi connectivity index (χ1n) is 8.27. The molecule has 8 heteroatoms. The first-order valence-corrected chi connectivity index (χ1v) is 9.09. The van der Waals surface area contributed by atoms with Gasteiger partial charge in [-0.25, -0.2) is 0 Å². The number of hydrogen-bond donors (Lipinski definition) is 1. The van der Waals surface area contributed by atoms with Crippen LogP contribution in [-0.4, -0.2) is 39.4 Å². The van der Waals surface area contributed by atoms with Crippen LogP contribution in [0.5, 0.6) is 0 Å². The summed E-state index contributed by atoms with van der Waals surface area (Å²) in [4.78, 5) is 38.0. The van der Waals surface area contributed by atoms with Crippen molar-refractivity contribution in [3.63, 3.8) is 0 Å². The Kier molecular flexibility index (Phi) is 4.62. The normalized spacial score (nSPS) is 13.9. The second kappa shape index (κ2) is 6.60. The number of aromatic nitrogens is 2. The summed E-state index contributed by atoms with van der Waals surface area (Å²) in [5.41, 5.74) is 1.56. The maximum absolute atomic E-state index is 12.4. The number of hydrogen-bond acceptors (Lipinski definition) is 6. The van der Waals surface area contributed by atoms with Gasteiger partial charge in [-0.3, -0.25) is 19.3 Å². The fourth-order valence-corrected chi connectivity index (χ4v) is 3.40. The van der Waals surface area contributed by atoms with Gasteiger partial charge in [-0.05, 0) is 19.1 Å². The monoisotopic (exact) mass is 372 g/mol. The molecule has 0 saturated heterocycles. The van der Waals surface area contributed by atoms with E-state index in [0.29, 0.717) is 16.3 Å². The minimum Gasteiger partial charge on any atom is -0.300 e. The fraction of sp³-hybridized carbons (Fsp3) is 0.389. The molecule has 2 heterocycles. The second-order valence-corrected chi connectivity index (χ2v) is 8.25. The third-order valence-electron chi connectivity index (χ3n) is 4.00. The Morgan fingerprint density at radius 2 is 1.85 bits per heavy atom. The van der Waals surface area contributed by atoms with Crippen LogP contribution in [0.15, 0.2) is 18.2 Å². The average molecular weight is 372 g/mol. The van der Waals surface area contributed by atoms with Gasteiger partial charge in [0.15, 0.2) is 0 Å². The molecule has 2 aromatic rings. The largest absolute Gasteiger partial charge is 0.300 e. The maximum atomic E-state index is 12.4. The average Bonchev–Trinajstić information content (AvgIpc) is 3.10. The van der Waals surface area contributed by atoms with E-state index >= 15 is 0 Å². The van der Waals surface area contributed by atoms with E-state index in [1.165, 1.54) is 11.3 Å². The molecule has 1 aliphatic heterocycles. The summed E-state index contributed by atoms with van der Waals surface area (Å²) in [6, 6.07) is 5.15. The summed E-state index contributed by atoms with van der Waals surface area (Å²) in [6.07, 6.45) is 0.00881. The molecule has 3 amide bonds. The van der Waals surface area contributed by atoms with E-state index in [2.05, 4.69) is 15.5 Å². The maximum Gasteiger partial charge on any atom is 0.261 e. The van der Waals surface area contributed by atoms with Gasteiger partial charge in [0.05, 0.1) is 11.1 Å².